The van der Waals surface area contributed by atoms with E-state index in [4.69, 9.17) is 0 Å². The standard InChI is InChI=1S/C23H33N5O4S/c29-19(26-28-21(31)23(25-22(28)32)10-2-1-3-11-23)9-15-27-13-7-17(8-14-27)20(30)24-12-6-18-5-4-16-33-18/h4-5,16-17H,1-3,6-15H2,(H,24,30)(H,25,32)(H,26,29). The van der Waals surface area contributed by atoms with E-state index < -0.39 is 11.6 Å². The predicted octanol–water partition coefficient (Wildman–Crippen LogP) is 1.79. The van der Waals surface area contributed by atoms with Crippen LogP contribution in [0.5, 0.6) is 0 Å². The SMILES string of the molecule is O=C(CCN1CCC(C(=O)NCCc2cccs2)CC1)NN1C(=O)NC2(CCCCC2)C1=O. The minimum atomic E-state index is -0.838. The molecule has 1 aromatic heterocycles. The molecular formula is C23H33N5O4S. The van der Waals surface area contributed by atoms with Crippen molar-refractivity contribution in [1.82, 2.24) is 26.0 Å². The number of hydrazine groups is 1. The molecule has 2 aliphatic heterocycles. The summed E-state index contributed by atoms with van der Waals surface area (Å²) in [5.41, 5.74) is 1.66. The first-order chi connectivity index (χ1) is 16.0. The number of nitrogens with zero attached hydrogens (tertiary/aromatic N) is 2. The van der Waals surface area contributed by atoms with Crippen LogP contribution >= 0.6 is 11.3 Å². The van der Waals surface area contributed by atoms with Crippen LogP contribution in [0.4, 0.5) is 4.79 Å². The molecule has 1 aliphatic carbocycles. The van der Waals surface area contributed by atoms with E-state index in [1.807, 2.05) is 11.4 Å². The van der Waals surface area contributed by atoms with Gasteiger partial charge in [-0.2, -0.15) is 5.01 Å². The maximum absolute atomic E-state index is 12.8. The van der Waals surface area contributed by atoms with Crippen LogP contribution in [-0.4, -0.2) is 65.4 Å². The molecule has 1 aromatic rings. The molecule has 0 radical (unpaired) electrons. The first-order valence-electron chi connectivity index (χ1n) is 12.0. The summed E-state index contributed by atoms with van der Waals surface area (Å²) in [6, 6.07) is 3.55. The van der Waals surface area contributed by atoms with Gasteiger partial charge in [0, 0.05) is 30.3 Å². The number of hydrogen-bond acceptors (Lipinski definition) is 6. The minimum absolute atomic E-state index is 0.0102. The Bertz CT molecular complexity index is 860. The smallest absolute Gasteiger partial charge is 0.344 e. The van der Waals surface area contributed by atoms with Gasteiger partial charge in [-0.25, -0.2) is 4.79 Å². The van der Waals surface area contributed by atoms with Crippen LogP contribution in [0.25, 0.3) is 0 Å². The Hall–Kier alpha value is -2.46. The second-order valence-electron chi connectivity index (χ2n) is 9.23. The zero-order chi connectivity index (χ0) is 23.3. The molecule has 0 aromatic carbocycles. The summed E-state index contributed by atoms with van der Waals surface area (Å²) < 4.78 is 0. The fraction of sp³-hybridized carbons (Fsp3) is 0.652. The van der Waals surface area contributed by atoms with E-state index in [0.717, 1.165) is 56.6 Å². The van der Waals surface area contributed by atoms with Crippen molar-refractivity contribution in [2.45, 2.75) is 63.3 Å². The molecule has 0 unspecified atom stereocenters. The van der Waals surface area contributed by atoms with Gasteiger partial charge in [0.05, 0.1) is 0 Å². The molecule has 1 saturated carbocycles. The van der Waals surface area contributed by atoms with Crippen molar-refractivity contribution in [3.63, 3.8) is 0 Å². The van der Waals surface area contributed by atoms with Crippen LogP contribution in [0.1, 0.15) is 56.2 Å². The third-order valence-electron chi connectivity index (χ3n) is 6.97. The second-order valence-corrected chi connectivity index (χ2v) is 10.3. The number of carbonyl (C=O) groups is 4. The lowest BCUT2D eigenvalue weighted by Crippen LogP contribution is -2.51. The van der Waals surface area contributed by atoms with Crippen LogP contribution < -0.4 is 16.1 Å². The zero-order valence-electron chi connectivity index (χ0n) is 18.9. The van der Waals surface area contributed by atoms with Crippen molar-refractivity contribution in [2.24, 2.45) is 5.92 Å². The van der Waals surface area contributed by atoms with E-state index in [2.05, 4.69) is 27.0 Å². The van der Waals surface area contributed by atoms with E-state index >= 15 is 0 Å². The maximum atomic E-state index is 12.8. The Kier molecular flexibility index (Phi) is 7.64. The van der Waals surface area contributed by atoms with Crippen molar-refractivity contribution in [3.05, 3.63) is 22.4 Å². The van der Waals surface area contributed by atoms with Gasteiger partial charge in [-0.05, 0) is 56.6 Å². The number of amides is 5. The van der Waals surface area contributed by atoms with Crippen molar-refractivity contribution in [2.75, 3.05) is 26.2 Å². The van der Waals surface area contributed by atoms with Crippen molar-refractivity contribution in [1.29, 1.82) is 0 Å². The van der Waals surface area contributed by atoms with Gasteiger partial charge in [0.25, 0.3) is 5.91 Å². The lowest BCUT2D eigenvalue weighted by molar-refractivity contribution is -0.140. The first-order valence-corrected chi connectivity index (χ1v) is 12.8. The molecule has 5 amide bonds. The number of thiophene rings is 1. The fourth-order valence-electron chi connectivity index (χ4n) is 4.98. The Morgan fingerprint density at radius 1 is 1.15 bits per heavy atom. The third-order valence-corrected chi connectivity index (χ3v) is 7.91. The molecule has 1 spiro atoms. The quantitative estimate of drug-likeness (QED) is 0.497. The molecule has 180 valence electrons. The third kappa shape index (κ3) is 5.73. The normalized spacial score (nSPS) is 21.3. The number of rotatable bonds is 8. The molecule has 3 N–H and O–H groups in total. The summed E-state index contributed by atoms with van der Waals surface area (Å²) in [6.45, 7) is 2.70. The lowest BCUT2D eigenvalue weighted by Gasteiger charge is -2.31. The fourth-order valence-corrected chi connectivity index (χ4v) is 5.69. The highest BCUT2D eigenvalue weighted by atomic mass is 32.1. The predicted molar refractivity (Wildman–Crippen MR) is 124 cm³/mol. The Morgan fingerprint density at radius 2 is 1.91 bits per heavy atom. The summed E-state index contributed by atoms with van der Waals surface area (Å²) in [5.74, 6) is -0.568. The summed E-state index contributed by atoms with van der Waals surface area (Å²) in [7, 11) is 0. The topological polar surface area (TPSA) is 111 Å². The highest BCUT2D eigenvalue weighted by Crippen LogP contribution is 2.33. The van der Waals surface area contributed by atoms with Gasteiger partial charge in [-0.15, -0.1) is 11.3 Å². The molecular weight excluding hydrogens is 442 g/mol. The highest BCUT2D eigenvalue weighted by molar-refractivity contribution is 7.09. The average molecular weight is 476 g/mol. The number of piperidine rings is 1. The van der Waals surface area contributed by atoms with Crippen LogP contribution in [0.3, 0.4) is 0 Å². The van der Waals surface area contributed by atoms with Gasteiger partial charge in [-0.1, -0.05) is 25.3 Å². The number of urea groups is 1. The first kappa shape index (κ1) is 23.7. The Labute approximate surface area is 198 Å². The number of imide groups is 1. The molecule has 9 nitrogen and oxygen atoms in total. The molecule has 3 aliphatic rings. The second kappa shape index (κ2) is 10.6. The van der Waals surface area contributed by atoms with Gasteiger partial charge in [0.15, 0.2) is 0 Å². The van der Waals surface area contributed by atoms with E-state index in [9.17, 15) is 19.2 Å². The van der Waals surface area contributed by atoms with Gasteiger partial charge >= 0.3 is 6.03 Å². The van der Waals surface area contributed by atoms with E-state index in [1.54, 1.807) is 11.3 Å². The number of likely N-dealkylation sites (tertiary alicyclic amines) is 1. The summed E-state index contributed by atoms with van der Waals surface area (Å²) in [6.07, 6.45) is 6.69. The van der Waals surface area contributed by atoms with Gasteiger partial charge in [0.2, 0.25) is 11.8 Å². The highest BCUT2D eigenvalue weighted by Gasteiger charge is 2.52. The average Bonchev–Trinajstić information content (AvgIpc) is 3.41. The molecule has 4 rings (SSSR count). The monoisotopic (exact) mass is 475 g/mol. The van der Waals surface area contributed by atoms with E-state index in [1.165, 1.54) is 4.88 Å². The maximum Gasteiger partial charge on any atom is 0.344 e. The summed E-state index contributed by atoms with van der Waals surface area (Å²) >= 11 is 1.70. The minimum Gasteiger partial charge on any atom is -0.355 e. The summed E-state index contributed by atoms with van der Waals surface area (Å²) in [4.78, 5) is 53.3. The van der Waals surface area contributed by atoms with Gasteiger partial charge < -0.3 is 15.5 Å². The Morgan fingerprint density at radius 3 is 2.61 bits per heavy atom. The van der Waals surface area contributed by atoms with Crippen LogP contribution in [0.2, 0.25) is 0 Å². The molecule has 3 heterocycles. The number of carbonyl (C=O) groups excluding carboxylic acids is 4. The summed E-state index contributed by atoms with van der Waals surface area (Å²) in [5, 5.41) is 8.73. The number of hydrogen-bond donors (Lipinski definition) is 3. The van der Waals surface area contributed by atoms with E-state index in [-0.39, 0.29) is 30.1 Å². The van der Waals surface area contributed by atoms with Crippen LogP contribution in [0, 0.1) is 5.92 Å². The molecule has 0 bridgehead atoms. The number of nitrogens with one attached hydrogen (secondary N) is 3. The van der Waals surface area contributed by atoms with Crippen molar-refractivity contribution in [3.8, 4) is 0 Å². The largest absolute Gasteiger partial charge is 0.355 e. The van der Waals surface area contributed by atoms with Crippen LogP contribution in [-0.2, 0) is 20.8 Å². The molecule has 33 heavy (non-hydrogen) atoms. The Balaban J connectivity index is 1.14. The van der Waals surface area contributed by atoms with Gasteiger partial charge in [0.1, 0.15) is 5.54 Å². The molecule has 3 fully saturated rings. The van der Waals surface area contributed by atoms with Crippen molar-refractivity contribution < 1.29 is 19.2 Å². The lowest BCUT2D eigenvalue weighted by atomic mass is 9.82. The molecule has 0 atom stereocenters. The van der Waals surface area contributed by atoms with Crippen LogP contribution in [0.15, 0.2) is 17.5 Å². The molecule has 10 heteroatoms. The molecule has 2 saturated heterocycles. The van der Waals surface area contributed by atoms with E-state index in [0.29, 0.717) is 25.9 Å². The van der Waals surface area contributed by atoms with Crippen molar-refractivity contribution >= 4 is 35.1 Å². The van der Waals surface area contributed by atoms with Gasteiger partial charge in [-0.3, -0.25) is 19.8 Å². The zero-order valence-corrected chi connectivity index (χ0v) is 19.8.